The highest BCUT2D eigenvalue weighted by Gasteiger charge is 2.54. The third-order valence-corrected chi connectivity index (χ3v) is 9.59. The van der Waals surface area contributed by atoms with Gasteiger partial charge < -0.3 is 24.2 Å². The van der Waals surface area contributed by atoms with Crippen LogP contribution in [-0.2, 0) is 14.7 Å². The van der Waals surface area contributed by atoms with Crippen molar-refractivity contribution in [2.45, 2.75) is 95.9 Å². The van der Waals surface area contributed by atoms with Gasteiger partial charge in [0.2, 0.25) is 5.95 Å². The number of carbonyl (C=O) groups excluding carboxylic acids is 1. The number of amides is 2. The highest BCUT2D eigenvalue weighted by atomic mass is 16.7. The van der Waals surface area contributed by atoms with E-state index in [9.17, 15) is 14.7 Å². The van der Waals surface area contributed by atoms with Crippen LogP contribution in [0.5, 0.6) is 0 Å². The van der Waals surface area contributed by atoms with Gasteiger partial charge >= 0.3 is 13.2 Å². The number of hydrogen-bond acceptors (Lipinski definition) is 7. The molecular formula is C30H40BN5O5. The van der Waals surface area contributed by atoms with Crippen molar-refractivity contribution in [3.05, 3.63) is 41.7 Å². The second kappa shape index (κ2) is 9.16. The number of likely N-dealkylation sites (tertiary alicyclic amines) is 1. The van der Waals surface area contributed by atoms with Crippen molar-refractivity contribution in [3.63, 3.8) is 0 Å². The molecule has 1 unspecified atom stereocenters. The number of rotatable bonds is 4. The van der Waals surface area contributed by atoms with Crippen molar-refractivity contribution in [1.82, 2.24) is 19.8 Å². The monoisotopic (exact) mass is 561 g/mol. The lowest BCUT2D eigenvalue weighted by molar-refractivity contribution is 0.00578. The molecule has 1 aromatic heterocycles. The van der Waals surface area contributed by atoms with E-state index in [4.69, 9.17) is 19.3 Å². The normalized spacial score (nSPS) is 23.7. The minimum absolute atomic E-state index is 0.0803. The summed E-state index contributed by atoms with van der Waals surface area (Å²) in [6.45, 7) is 15.4. The molecule has 218 valence electrons. The van der Waals surface area contributed by atoms with Gasteiger partial charge in [0.1, 0.15) is 0 Å². The predicted molar refractivity (Wildman–Crippen MR) is 156 cm³/mol. The van der Waals surface area contributed by atoms with Crippen LogP contribution in [0.1, 0.15) is 83.7 Å². The predicted octanol–water partition coefficient (Wildman–Crippen LogP) is 3.95. The van der Waals surface area contributed by atoms with Gasteiger partial charge in [-0.15, -0.1) is 0 Å². The van der Waals surface area contributed by atoms with Crippen LogP contribution in [0, 0.1) is 0 Å². The van der Waals surface area contributed by atoms with E-state index in [-0.39, 0.29) is 17.4 Å². The number of anilines is 2. The second-order valence-corrected chi connectivity index (χ2v) is 14.0. The average Bonchev–Trinajstić information content (AvgIpc) is 3.28. The molecule has 1 aromatic carbocycles. The van der Waals surface area contributed by atoms with Gasteiger partial charge in [0.05, 0.1) is 17.2 Å². The molecule has 3 fully saturated rings. The molecule has 6 rings (SSSR count). The Labute approximate surface area is 242 Å². The summed E-state index contributed by atoms with van der Waals surface area (Å²) in [5, 5.41) is 9.83. The largest absolute Gasteiger partial charge is 0.498 e. The zero-order chi connectivity index (χ0) is 29.5. The quantitative estimate of drug-likeness (QED) is 0.560. The second-order valence-electron chi connectivity index (χ2n) is 14.0. The lowest BCUT2D eigenvalue weighted by atomic mass is 9.81. The first kappa shape index (κ1) is 28.0. The molecule has 0 bridgehead atoms. The molecule has 2 saturated heterocycles. The summed E-state index contributed by atoms with van der Waals surface area (Å²) < 4.78 is 12.3. The number of hydrogen-bond donors (Lipinski definition) is 1. The zero-order valence-electron chi connectivity index (χ0n) is 25.1. The van der Waals surface area contributed by atoms with E-state index in [0.29, 0.717) is 31.0 Å². The lowest BCUT2D eigenvalue weighted by Gasteiger charge is -2.37. The van der Waals surface area contributed by atoms with Crippen LogP contribution in [-0.4, -0.2) is 86.4 Å². The number of fused-ring (bicyclic) bond motifs is 2. The first-order chi connectivity index (χ1) is 19.1. The van der Waals surface area contributed by atoms with E-state index in [0.717, 1.165) is 30.5 Å². The zero-order valence-corrected chi connectivity index (χ0v) is 25.1. The molecule has 4 aliphatic rings. The van der Waals surface area contributed by atoms with Gasteiger partial charge in [0, 0.05) is 59.7 Å². The highest BCUT2D eigenvalue weighted by Crippen LogP contribution is 2.57. The van der Waals surface area contributed by atoms with Crippen molar-refractivity contribution in [2.75, 3.05) is 24.5 Å². The van der Waals surface area contributed by atoms with E-state index in [1.807, 2.05) is 60.6 Å². The molecule has 2 amide bonds. The first-order valence-corrected chi connectivity index (χ1v) is 14.5. The smallest absolute Gasteiger partial charge is 0.465 e. The van der Waals surface area contributed by atoms with Crippen LogP contribution < -0.4 is 10.4 Å². The molecule has 2 aromatic rings. The molecule has 11 heteroatoms. The Morgan fingerprint density at radius 2 is 1.71 bits per heavy atom. The summed E-state index contributed by atoms with van der Waals surface area (Å²) in [7, 11) is -0.529. The Morgan fingerprint density at radius 3 is 2.27 bits per heavy atom. The van der Waals surface area contributed by atoms with E-state index < -0.39 is 30.0 Å². The molecule has 1 aliphatic carbocycles. The molecule has 0 radical (unpaired) electrons. The Balaban J connectivity index is 1.23. The lowest BCUT2D eigenvalue weighted by Crippen LogP contribution is -2.52. The van der Waals surface area contributed by atoms with Gasteiger partial charge in [-0.05, 0) is 85.4 Å². The molecule has 1 atom stereocenters. The summed E-state index contributed by atoms with van der Waals surface area (Å²) in [4.78, 5) is 40.4. The maximum Gasteiger partial charge on any atom is 0.498 e. The van der Waals surface area contributed by atoms with Gasteiger partial charge in [-0.3, -0.25) is 9.69 Å². The average molecular weight is 561 g/mol. The Bertz CT molecular complexity index is 1370. The fourth-order valence-corrected chi connectivity index (χ4v) is 6.45. The summed E-state index contributed by atoms with van der Waals surface area (Å²) in [5.74, 6) is 0.506. The van der Waals surface area contributed by atoms with Crippen molar-refractivity contribution < 1.29 is 24.0 Å². The van der Waals surface area contributed by atoms with Crippen LogP contribution in [0.3, 0.4) is 0 Å². The number of carbonyl (C=O) groups is 2. The SMILES string of the molecule is CC(C)(C)N(C(=O)O)C1CCN(C(=O)c2ccc3c(c2)N(c2ncc(B4OC(C)(C)C(C)(C)O4)cn2)CC32CC2)C1. The van der Waals surface area contributed by atoms with Crippen molar-refractivity contribution in [2.24, 2.45) is 0 Å². The molecule has 3 aliphatic heterocycles. The Morgan fingerprint density at radius 1 is 1.07 bits per heavy atom. The van der Waals surface area contributed by atoms with Crippen LogP contribution in [0.2, 0.25) is 0 Å². The van der Waals surface area contributed by atoms with Gasteiger partial charge in [-0.2, -0.15) is 0 Å². The molecular weight excluding hydrogens is 521 g/mol. The van der Waals surface area contributed by atoms with Crippen LogP contribution in [0.25, 0.3) is 0 Å². The van der Waals surface area contributed by atoms with Gasteiger partial charge in [0.25, 0.3) is 5.91 Å². The minimum atomic E-state index is -0.954. The summed E-state index contributed by atoms with van der Waals surface area (Å²) in [6.07, 6.45) is 5.40. The first-order valence-electron chi connectivity index (χ1n) is 14.5. The number of benzene rings is 1. The number of carboxylic acid groups (broad SMARTS) is 1. The van der Waals surface area contributed by atoms with E-state index in [1.165, 1.54) is 10.5 Å². The van der Waals surface area contributed by atoms with E-state index >= 15 is 0 Å². The van der Waals surface area contributed by atoms with Crippen molar-refractivity contribution in [1.29, 1.82) is 0 Å². The Hall–Kier alpha value is -3.18. The van der Waals surface area contributed by atoms with Crippen molar-refractivity contribution in [3.8, 4) is 0 Å². The minimum Gasteiger partial charge on any atom is -0.465 e. The highest BCUT2D eigenvalue weighted by molar-refractivity contribution is 6.61. The van der Waals surface area contributed by atoms with Crippen LogP contribution in [0.15, 0.2) is 30.6 Å². The third kappa shape index (κ3) is 4.67. The summed E-state index contributed by atoms with van der Waals surface area (Å²) >= 11 is 0. The molecule has 1 spiro atoms. The standard InChI is InChI=1S/C30H40BN5O5/c1-27(2,3)36(26(38)39)21-10-13-34(17-21)24(37)19-8-9-22-23(14-19)35(18-30(22)11-12-30)25-32-15-20(16-33-25)31-40-28(4,5)29(6,7)41-31/h8-9,14-16,21H,10-13,17-18H2,1-7H3,(H,38,39). The fourth-order valence-electron chi connectivity index (χ4n) is 6.45. The van der Waals surface area contributed by atoms with E-state index in [2.05, 4.69) is 11.0 Å². The maximum atomic E-state index is 13.6. The molecule has 10 nitrogen and oxygen atoms in total. The molecule has 1 N–H and O–H groups in total. The van der Waals surface area contributed by atoms with Gasteiger partial charge in [-0.25, -0.2) is 14.8 Å². The molecule has 1 saturated carbocycles. The maximum absolute atomic E-state index is 13.6. The van der Waals surface area contributed by atoms with Crippen LogP contribution >= 0.6 is 0 Å². The Kier molecular flexibility index (Phi) is 6.25. The number of nitrogens with zero attached hydrogens (tertiary/aromatic N) is 5. The third-order valence-electron chi connectivity index (χ3n) is 9.59. The summed E-state index contributed by atoms with van der Waals surface area (Å²) in [6, 6.07) is 5.73. The number of aromatic nitrogens is 2. The molecule has 41 heavy (non-hydrogen) atoms. The van der Waals surface area contributed by atoms with Crippen LogP contribution in [0.4, 0.5) is 16.4 Å². The van der Waals surface area contributed by atoms with Gasteiger partial charge in [-0.1, -0.05) is 6.07 Å². The summed E-state index contributed by atoms with van der Waals surface area (Å²) in [5.41, 5.74) is 2.22. The fraction of sp³-hybridized carbons (Fsp3) is 0.600. The van der Waals surface area contributed by atoms with E-state index in [1.54, 1.807) is 17.3 Å². The van der Waals surface area contributed by atoms with Crippen molar-refractivity contribution >= 4 is 36.2 Å². The van der Waals surface area contributed by atoms with Gasteiger partial charge in [0.15, 0.2) is 0 Å². The topological polar surface area (TPSA) is 108 Å². The molecule has 4 heterocycles.